The fourth-order valence-electron chi connectivity index (χ4n) is 4.79. The molecule has 0 spiro atoms. The number of anilines is 1. The van der Waals surface area contributed by atoms with E-state index in [0.29, 0.717) is 23.8 Å². The van der Waals surface area contributed by atoms with Gasteiger partial charge in [-0.15, -0.1) is 0 Å². The number of H-pyrrole nitrogens is 1. The lowest BCUT2D eigenvalue weighted by molar-refractivity contribution is 0.142. The Morgan fingerprint density at radius 2 is 2.03 bits per heavy atom. The van der Waals surface area contributed by atoms with E-state index in [4.69, 9.17) is 16.3 Å². The topological polar surface area (TPSA) is 76.8 Å². The first kappa shape index (κ1) is 19.9. The summed E-state index contributed by atoms with van der Waals surface area (Å²) in [5.74, 6) is 1.02. The number of benzene rings is 1. The molecule has 0 atom stereocenters. The van der Waals surface area contributed by atoms with Crippen molar-refractivity contribution in [3.63, 3.8) is 0 Å². The summed E-state index contributed by atoms with van der Waals surface area (Å²) >= 11 is 6.34. The maximum absolute atomic E-state index is 9.30. The third-order valence-electron chi connectivity index (χ3n) is 6.35. The predicted molar refractivity (Wildman–Crippen MR) is 121 cm³/mol. The molecule has 0 unspecified atom stereocenters. The Labute approximate surface area is 186 Å². The molecule has 3 aliphatic rings. The highest BCUT2D eigenvalue weighted by Crippen LogP contribution is 2.35. The van der Waals surface area contributed by atoms with Gasteiger partial charge in [0.2, 0.25) is 0 Å². The first-order valence-corrected chi connectivity index (χ1v) is 11.1. The molecule has 1 aromatic carbocycles. The van der Waals surface area contributed by atoms with Gasteiger partial charge in [0.05, 0.1) is 40.3 Å². The van der Waals surface area contributed by atoms with Crippen molar-refractivity contribution >= 4 is 29.1 Å². The number of aromatic nitrogens is 1. The highest BCUT2D eigenvalue weighted by atomic mass is 35.5. The number of hydrogen-bond acceptors (Lipinski definition) is 5. The van der Waals surface area contributed by atoms with Crippen molar-refractivity contribution in [2.24, 2.45) is 16.1 Å². The van der Waals surface area contributed by atoms with Crippen molar-refractivity contribution in [3.8, 4) is 11.8 Å². The van der Waals surface area contributed by atoms with Crippen LogP contribution in [0.15, 0.2) is 45.6 Å². The zero-order valence-electron chi connectivity index (χ0n) is 17.4. The normalized spacial score (nSPS) is 22.5. The maximum atomic E-state index is 9.30. The zero-order valence-corrected chi connectivity index (χ0v) is 18.2. The second-order valence-electron chi connectivity index (χ2n) is 8.34. The Kier molecular flexibility index (Phi) is 5.29. The highest BCUT2D eigenvalue weighted by molar-refractivity contribution is 6.34. The number of nitrogens with one attached hydrogen (secondary N) is 1. The molecule has 1 aromatic heterocycles. The van der Waals surface area contributed by atoms with Crippen LogP contribution in [0.25, 0.3) is 11.8 Å². The van der Waals surface area contributed by atoms with Crippen molar-refractivity contribution in [2.75, 3.05) is 18.5 Å². The van der Waals surface area contributed by atoms with Crippen molar-refractivity contribution in [2.45, 2.75) is 38.3 Å². The van der Waals surface area contributed by atoms with Gasteiger partial charge < -0.3 is 14.6 Å². The number of fused-ring (bicyclic) bond motifs is 3. The van der Waals surface area contributed by atoms with E-state index in [0.717, 1.165) is 53.7 Å². The van der Waals surface area contributed by atoms with Crippen LogP contribution in [0.2, 0.25) is 0 Å². The van der Waals surface area contributed by atoms with Crippen molar-refractivity contribution in [1.82, 2.24) is 4.98 Å². The molecule has 7 heteroatoms. The summed E-state index contributed by atoms with van der Waals surface area (Å²) in [6.45, 7) is 1.36. The second kappa shape index (κ2) is 8.24. The van der Waals surface area contributed by atoms with Crippen molar-refractivity contribution < 1.29 is 4.74 Å². The molecule has 1 aliphatic carbocycles. The summed E-state index contributed by atoms with van der Waals surface area (Å²) in [7, 11) is 2.08. The van der Waals surface area contributed by atoms with Gasteiger partial charge in [-0.25, -0.2) is 0 Å². The number of para-hydroxylation sites is 1. The van der Waals surface area contributed by atoms with Crippen LogP contribution in [0.4, 0.5) is 5.69 Å². The summed E-state index contributed by atoms with van der Waals surface area (Å²) in [6, 6.07) is 9.65. The average molecular weight is 434 g/mol. The summed E-state index contributed by atoms with van der Waals surface area (Å²) in [5, 5.41) is 21.2. The summed E-state index contributed by atoms with van der Waals surface area (Å²) in [5.41, 5.74) is 4.01. The van der Waals surface area contributed by atoms with Gasteiger partial charge in [0.15, 0.2) is 0 Å². The third-order valence-corrected chi connectivity index (χ3v) is 6.62. The fraction of sp³-hybridized carbons (Fsp3) is 0.375. The molecule has 2 aliphatic heterocycles. The Morgan fingerprint density at radius 1 is 1.23 bits per heavy atom. The lowest BCUT2D eigenvalue weighted by atomic mass is 9.84. The standard InChI is InChI=1S/C24H24ClN5O/c1-30-11-10-17(25)12-20-24(30)19-14-27-29-22(23(19)28-20)15-6-8-18(9-7-15)31-21-5-3-2-4-16(21)13-26/h2-5,10,12,15,18,28H,6-9,11,14H2,1H3. The van der Waals surface area contributed by atoms with Crippen LogP contribution in [0.5, 0.6) is 5.75 Å². The van der Waals surface area contributed by atoms with Crippen molar-refractivity contribution in [1.29, 1.82) is 5.26 Å². The molecule has 1 saturated carbocycles. The zero-order chi connectivity index (χ0) is 21.4. The molecule has 1 N–H and O–H groups in total. The van der Waals surface area contributed by atoms with Crippen LogP contribution in [0.3, 0.4) is 0 Å². The lowest BCUT2D eigenvalue weighted by Crippen LogP contribution is -2.28. The summed E-state index contributed by atoms with van der Waals surface area (Å²) in [6.07, 6.45) is 7.96. The van der Waals surface area contributed by atoms with Gasteiger partial charge in [0, 0.05) is 30.1 Å². The average Bonchev–Trinajstić information content (AvgIpc) is 3.09. The SMILES string of the molecule is CN1CC=C(Cl)C=c2[nH]c3c(c21)CN=NC=3C1CCC(Oc2ccccc2C#N)CC1. The minimum Gasteiger partial charge on any atom is -0.489 e. The number of halogens is 1. The number of allylic oxidation sites excluding steroid dienone is 1. The minimum absolute atomic E-state index is 0.120. The van der Waals surface area contributed by atoms with Gasteiger partial charge in [-0.1, -0.05) is 23.7 Å². The number of nitrogens with zero attached hydrogens (tertiary/aromatic N) is 4. The monoisotopic (exact) mass is 433 g/mol. The van der Waals surface area contributed by atoms with E-state index in [9.17, 15) is 5.26 Å². The molecule has 158 valence electrons. The molecule has 0 radical (unpaired) electrons. The smallest absolute Gasteiger partial charge is 0.137 e. The van der Waals surface area contributed by atoms with Gasteiger partial charge in [-0.05, 0) is 50.0 Å². The largest absolute Gasteiger partial charge is 0.489 e. The highest BCUT2D eigenvalue weighted by Gasteiger charge is 2.29. The Hall–Kier alpha value is -3.04. The first-order chi connectivity index (χ1) is 15.1. The molecule has 2 aromatic rings. The van der Waals surface area contributed by atoms with E-state index in [1.807, 2.05) is 30.4 Å². The Balaban J connectivity index is 1.40. The summed E-state index contributed by atoms with van der Waals surface area (Å²) in [4.78, 5) is 5.80. The Morgan fingerprint density at radius 3 is 2.84 bits per heavy atom. The number of ether oxygens (including phenoxy) is 1. The van der Waals surface area contributed by atoms with Crippen LogP contribution < -0.4 is 20.3 Å². The van der Waals surface area contributed by atoms with Crippen LogP contribution >= 0.6 is 11.6 Å². The van der Waals surface area contributed by atoms with E-state index < -0.39 is 0 Å². The molecule has 3 heterocycles. The summed E-state index contributed by atoms with van der Waals surface area (Å²) < 4.78 is 6.16. The number of hydrogen-bond donors (Lipinski definition) is 1. The van der Waals surface area contributed by atoms with Crippen LogP contribution in [-0.2, 0) is 6.54 Å². The van der Waals surface area contributed by atoms with Gasteiger partial charge in [0.1, 0.15) is 11.8 Å². The Bertz CT molecular complexity index is 1230. The predicted octanol–water partition coefficient (Wildman–Crippen LogP) is 3.95. The quantitative estimate of drug-likeness (QED) is 0.796. The third kappa shape index (κ3) is 3.75. The maximum Gasteiger partial charge on any atom is 0.137 e. The first-order valence-electron chi connectivity index (χ1n) is 10.7. The molecule has 1 fully saturated rings. The van der Waals surface area contributed by atoms with E-state index >= 15 is 0 Å². The van der Waals surface area contributed by atoms with Gasteiger partial charge in [-0.2, -0.15) is 15.5 Å². The molecule has 0 bridgehead atoms. The fourth-order valence-corrected chi connectivity index (χ4v) is 4.97. The number of likely N-dealkylation sites (N-methyl/N-ethyl adjacent to an activating group) is 1. The molecule has 0 saturated heterocycles. The molecular weight excluding hydrogens is 410 g/mol. The van der Waals surface area contributed by atoms with E-state index in [1.165, 1.54) is 11.3 Å². The number of nitriles is 1. The van der Waals surface area contributed by atoms with Crippen LogP contribution in [0.1, 0.15) is 36.8 Å². The van der Waals surface area contributed by atoms with E-state index in [-0.39, 0.29) is 6.10 Å². The van der Waals surface area contributed by atoms with Gasteiger partial charge >= 0.3 is 0 Å². The molecule has 6 nitrogen and oxygen atoms in total. The van der Waals surface area contributed by atoms with Gasteiger partial charge in [0.25, 0.3) is 0 Å². The molecule has 5 rings (SSSR count). The molecular formula is C24H24ClN5O. The van der Waals surface area contributed by atoms with Crippen molar-refractivity contribution in [3.05, 3.63) is 57.2 Å². The number of rotatable bonds is 3. The number of aromatic amines is 1. The van der Waals surface area contributed by atoms with Gasteiger partial charge in [-0.3, -0.25) is 0 Å². The number of azo groups is 1. The molecule has 0 amide bonds. The minimum atomic E-state index is 0.120. The van der Waals surface area contributed by atoms with Crippen LogP contribution in [0, 0.1) is 17.2 Å². The van der Waals surface area contributed by atoms with E-state index in [2.05, 4.69) is 33.2 Å². The second-order valence-corrected chi connectivity index (χ2v) is 8.78. The molecule has 31 heavy (non-hydrogen) atoms. The lowest BCUT2D eigenvalue weighted by Gasteiger charge is -2.29. The van der Waals surface area contributed by atoms with E-state index in [1.54, 1.807) is 6.07 Å². The van der Waals surface area contributed by atoms with Crippen LogP contribution in [-0.4, -0.2) is 24.7 Å².